The Morgan fingerprint density at radius 2 is 1.33 bits per heavy atom. The average molecular weight is 607 g/mol. The van der Waals surface area contributed by atoms with Crippen molar-refractivity contribution in [3.63, 3.8) is 0 Å². The summed E-state index contributed by atoms with van der Waals surface area (Å²) in [5, 5.41) is 6.06. The van der Waals surface area contributed by atoms with Crippen molar-refractivity contribution < 1.29 is 28.2 Å². The van der Waals surface area contributed by atoms with E-state index in [0.717, 1.165) is 16.9 Å². The lowest BCUT2D eigenvalue weighted by atomic mass is 9.98. The van der Waals surface area contributed by atoms with Gasteiger partial charge in [0, 0.05) is 17.4 Å². The Hall–Kier alpha value is -5.70. The van der Waals surface area contributed by atoms with Crippen molar-refractivity contribution in [1.29, 1.82) is 0 Å². The second-order valence-corrected chi connectivity index (χ2v) is 10.6. The molecule has 9 nitrogen and oxygen atoms in total. The Kier molecular flexibility index (Phi) is 9.09. The zero-order valence-corrected chi connectivity index (χ0v) is 25.7. The summed E-state index contributed by atoms with van der Waals surface area (Å²) in [6.45, 7) is 3.90. The summed E-state index contributed by atoms with van der Waals surface area (Å²) < 4.78 is 28.3. The smallest absolute Gasteiger partial charge is 0.347 e. The molecule has 0 spiro atoms. The summed E-state index contributed by atoms with van der Waals surface area (Å²) >= 11 is 0. The largest absolute Gasteiger partial charge is 0.497 e. The van der Waals surface area contributed by atoms with Crippen LogP contribution in [0.1, 0.15) is 19.4 Å². The van der Waals surface area contributed by atoms with Crippen LogP contribution in [0.15, 0.2) is 106 Å². The molecule has 2 amide bonds. The van der Waals surface area contributed by atoms with Gasteiger partial charge in [0.25, 0.3) is 0 Å². The molecule has 0 saturated carbocycles. The summed E-state index contributed by atoms with van der Waals surface area (Å²) in [6.07, 6.45) is 3.91. The third-order valence-electron chi connectivity index (χ3n) is 6.98. The van der Waals surface area contributed by atoms with Gasteiger partial charge >= 0.3 is 11.7 Å². The topological polar surface area (TPSA) is 108 Å². The number of amides is 2. The average Bonchev–Trinajstić information content (AvgIpc) is 3.04. The number of hydrogen-bond donors (Lipinski definition) is 2. The molecule has 0 atom stereocenters. The van der Waals surface area contributed by atoms with Crippen molar-refractivity contribution in [3.05, 3.63) is 113 Å². The quantitative estimate of drug-likeness (QED) is 0.189. The number of carbonyl (C=O) groups excluding carboxylic acids is 1. The number of methoxy groups -OCH3 is 3. The monoisotopic (exact) mass is 606 g/mol. The number of ether oxygens (including phenoxy) is 4. The van der Waals surface area contributed by atoms with E-state index in [0.29, 0.717) is 45.1 Å². The van der Waals surface area contributed by atoms with Crippen LogP contribution < -0.4 is 35.2 Å². The molecule has 0 aliphatic carbocycles. The van der Waals surface area contributed by atoms with Crippen LogP contribution in [-0.4, -0.2) is 33.0 Å². The summed E-state index contributed by atoms with van der Waals surface area (Å²) in [5.41, 5.74) is 2.66. The van der Waals surface area contributed by atoms with Crippen LogP contribution in [0.3, 0.4) is 0 Å². The summed E-state index contributed by atoms with van der Waals surface area (Å²) in [5.74, 6) is 2.19. The van der Waals surface area contributed by atoms with Gasteiger partial charge in [-0.25, -0.2) is 9.59 Å². The van der Waals surface area contributed by atoms with E-state index in [1.54, 1.807) is 44.6 Å². The van der Waals surface area contributed by atoms with Crippen molar-refractivity contribution in [1.82, 2.24) is 0 Å². The maximum Gasteiger partial charge on any atom is 0.347 e. The number of urea groups is 1. The zero-order valence-electron chi connectivity index (χ0n) is 25.7. The van der Waals surface area contributed by atoms with Crippen LogP contribution in [0.2, 0.25) is 0 Å². The number of anilines is 2. The summed E-state index contributed by atoms with van der Waals surface area (Å²) in [4.78, 5) is 24.4. The highest BCUT2D eigenvalue weighted by atomic mass is 16.5. The molecule has 0 fully saturated rings. The molecule has 0 unspecified atom stereocenters. The van der Waals surface area contributed by atoms with E-state index in [4.69, 9.17) is 23.4 Å². The van der Waals surface area contributed by atoms with Gasteiger partial charge in [-0.05, 0) is 68.0 Å². The zero-order chi connectivity index (χ0) is 32.0. The van der Waals surface area contributed by atoms with Crippen molar-refractivity contribution in [3.8, 4) is 34.1 Å². The predicted molar refractivity (Wildman–Crippen MR) is 177 cm³/mol. The molecule has 2 heterocycles. The standard InChI is InChI=1S/C23H22O6.C13H12N2O/c1-23(2)11-10-15-16(29-23)12-17-19(20(15)26-4)21(27-5)18(22(24)28-17)13-6-8-14(25-3)9-7-13;16-13(14-11-7-3-1-4-8-11)15-12-9-5-2-6-10-12/h6-12H,1-5H3;1-10H,(H2,14,15,16). The van der Waals surface area contributed by atoms with Gasteiger partial charge in [-0.15, -0.1) is 0 Å². The maximum atomic E-state index is 12.9. The van der Waals surface area contributed by atoms with Crippen molar-refractivity contribution >= 4 is 34.5 Å². The highest BCUT2D eigenvalue weighted by Gasteiger charge is 2.29. The first kappa shape index (κ1) is 30.7. The van der Waals surface area contributed by atoms with Gasteiger partial charge in [0.2, 0.25) is 0 Å². The molecule has 1 aromatic heterocycles. The molecule has 4 aromatic carbocycles. The Morgan fingerprint density at radius 1 is 0.756 bits per heavy atom. The minimum absolute atomic E-state index is 0.239. The van der Waals surface area contributed by atoms with E-state index in [9.17, 15) is 9.59 Å². The molecular weight excluding hydrogens is 572 g/mol. The molecule has 45 heavy (non-hydrogen) atoms. The van der Waals surface area contributed by atoms with Crippen LogP contribution in [0.25, 0.3) is 28.2 Å². The van der Waals surface area contributed by atoms with Gasteiger partial charge < -0.3 is 34.0 Å². The SMILES string of the molecule is COc1ccc(-c2c(OC)c3c(OC)c4c(cc3oc2=O)OC(C)(C)C=C4)cc1.O=C(Nc1ccccc1)Nc1ccccc1. The fourth-order valence-corrected chi connectivity index (χ4v) is 4.89. The molecular formula is C36H34N2O7. The number of para-hydroxylation sites is 2. The fraction of sp³-hybridized carbons (Fsp3) is 0.167. The van der Waals surface area contributed by atoms with Gasteiger partial charge in [-0.3, -0.25) is 0 Å². The summed E-state index contributed by atoms with van der Waals surface area (Å²) in [6, 6.07) is 27.3. The third kappa shape index (κ3) is 6.94. The molecule has 9 heteroatoms. The van der Waals surface area contributed by atoms with Gasteiger partial charge in [0.05, 0.1) is 26.9 Å². The lowest BCUT2D eigenvalue weighted by molar-refractivity contribution is 0.158. The molecule has 2 N–H and O–H groups in total. The van der Waals surface area contributed by atoms with Gasteiger partial charge in [-0.2, -0.15) is 0 Å². The number of rotatable bonds is 6. The Labute approximate surface area is 261 Å². The third-order valence-corrected chi connectivity index (χ3v) is 6.98. The van der Waals surface area contributed by atoms with E-state index in [-0.39, 0.29) is 6.03 Å². The van der Waals surface area contributed by atoms with Crippen molar-refractivity contribution in [2.24, 2.45) is 0 Å². The van der Waals surface area contributed by atoms with Crippen LogP contribution in [0.5, 0.6) is 23.0 Å². The van der Waals surface area contributed by atoms with Crippen molar-refractivity contribution in [2.45, 2.75) is 19.4 Å². The molecule has 1 aliphatic rings. The molecule has 230 valence electrons. The maximum absolute atomic E-state index is 12.9. The first-order valence-corrected chi connectivity index (χ1v) is 14.2. The normalized spacial score (nSPS) is 12.6. The first-order valence-electron chi connectivity index (χ1n) is 14.2. The molecule has 0 bridgehead atoms. The van der Waals surface area contributed by atoms with Crippen LogP contribution >= 0.6 is 0 Å². The van der Waals surface area contributed by atoms with Crippen molar-refractivity contribution in [2.75, 3.05) is 32.0 Å². The van der Waals surface area contributed by atoms with Crippen LogP contribution in [-0.2, 0) is 0 Å². The fourth-order valence-electron chi connectivity index (χ4n) is 4.89. The Balaban J connectivity index is 0.000000211. The Morgan fingerprint density at radius 3 is 1.87 bits per heavy atom. The number of nitrogens with one attached hydrogen (secondary N) is 2. The lowest BCUT2D eigenvalue weighted by Crippen LogP contribution is -2.27. The summed E-state index contributed by atoms with van der Waals surface area (Å²) in [7, 11) is 4.68. The predicted octanol–water partition coefficient (Wildman–Crippen LogP) is 8.00. The Bertz CT molecular complexity index is 1840. The van der Waals surface area contributed by atoms with E-state index in [1.807, 2.05) is 86.7 Å². The van der Waals surface area contributed by atoms with E-state index in [2.05, 4.69) is 10.6 Å². The number of carbonyl (C=O) groups is 1. The molecule has 0 saturated heterocycles. The second-order valence-electron chi connectivity index (χ2n) is 10.6. The number of fused-ring (bicyclic) bond motifs is 2. The molecule has 6 rings (SSSR count). The number of hydrogen-bond acceptors (Lipinski definition) is 7. The number of benzene rings is 4. The lowest BCUT2D eigenvalue weighted by Gasteiger charge is -2.29. The van der Waals surface area contributed by atoms with Gasteiger partial charge in [0.15, 0.2) is 0 Å². The van der Waals surface area contributed by atoms with Gasteiger partial charge in [-0.1, -0.05) is 48.5 Å². The minimum atomic E-state index is -0.507. The highest BCUT2D eigenvalue weighted by molar-refractivity contribution is 6.00. The van der Waals surface area contributed by atoms with E-state index in [1.165, 1.54) is 7.11 Å². The van der Waals surface area contributed by atoms with E-state index >= 15 is 0 Å². The minimum Gasteiger partial charge on any atom is -0.497 e. The molecule has 0 radical (unpaired) electrons. The van der Waals surface area contributed by atoms with Crippen LogP contribution in [0.4, 0.5) is 16.2 Å². The highest BCUT2D eigenvalue weighted by Crippen LogP contribution is 2.47. The molecule has 1 aliphatic heterocycles. The van der Waals surface area contributed by atoms with E-state index < -0.39 is 11.2 Å². The van der Waals surface area contributed by atoms with Gasteiger partial charge in [0.1, 0.15) is 45.1 Å². The molecule has 5 aromatic rings. The first-order chi connectivity index (χ1) is 21.7. The van der Waals surface area contributed by atoms with Crippen LogP contribution in [0, 0.1) is 0 Å². The second kappa shape index (κ2) is 13.3.